The molecule has 0 amide bonds. The molecule has 1 N–H and O–H groups in total. The molecular formula is C14H9BrO4. The van der Waals surface area contributed by atoms with Crippen LogP contribution in [-0.2, 0) is 4.79 Å². The number of aliphatic carboxylic acids is 1. The third-order valence-corrected chi connectivity index (χ3v) is 3.26. The van der Waals surface area contributed by atoms with Crippen LogP contribution in [0.25, 0.3) is 21.9 Å². The van der Waals surface area contributed by atoms with Crippen LogP contribution in [0, 0.1) is 0 Å². The number of ether oxygens (including phenoxy) is 1. The van der Waals surface area contributed by atoms with Gasteiger partial charge in [-0.05, 0) is 30.3 Å². The fourth-order valence-electron chi connectivity index (χ4n) is 1.97. The molecule has 5 heteroatoms. The number of carboxylic acids is 1. The summed E-state index contributed by atoms with van der Waals surface area (Å²) in [6.45, 7) is -0.364. The fourth-order valence-corrected chi connectivity index (χ4v) is 2.31. The second-order valence-electron chi connectivity index (χ2n) is 4.08. The number of benzene rings is 2. The maximum Gasteiger partial charge on any atom is 0.341 e. The molecule has 3 aromatic rings. The second-order valence-corrected chi connectivity index (χ2v) is 5.00. The predicted octanol–water partition coefficient (Wildman–Crippen LogP) is 3.81. The first-order chi connectivity index (χ1) is 9.13. The number of carbonyl (C=O) groups is 1. The zero-order valence-corrected chi connectivity index (χ0v) is 11.3. The van der Waals surface area contributed by atoms with Gasteiger partial charge in [0.2, 0.25) is 0 Å². The number of hydrogen-bond acceptors (Lipinski definition) is 3. The van der Waals surface area contributed by atoms with Gasteiger partial charge >= 0.3 is 5.97 Å². The summed E-state index contributed by atoms with van der Waals surface area (Å²) in [6, 6.07) is 11.1. The number of halogens is 1. The van der Waals surface area contributed by atoms with Gasteiger partial charge in [0.1, 0.15) is 16.9 Å². The van der Waals surface area contributed by atoms with Gasteiger partial charge in [-0.15, -0.1) is 0 Å². The molecule has 0 atom stereocenters. The Bertz CT molecular complexity index is 776. The third-order valence-electron chi connectivity index (χ3n) is 2.77. The summed E-state index contributed by atoms with van der Waals surface area (Å²) < 4.78 is 11.8. The Morgan fingerprint density at radius 1 is 1.16 bits per heavy atom. The molecule has 0 aliphatic rings. The van der Waals surface area contributed by atoms with Crippen LogP contribution in [0.1, 0.15) is 0 Å². The minimum Gasteiger partial charge on any atom is -0.482 e. The van der Waals surface area contributed by atoms with E-state index in [1.54, 1.807) is 12.1 Å². The molecule has 0 saturated heterocycles. The van der Waals surface area contributed by atoms with E-state index in [0.29, 0.717) is 11.3 Å². The lowest BCUT2D eigenvalue weighted by atomic mass is 10.1. The predicted molar refractivity (Wildman–Crippen MR) is 74.6 cm³/mol. The quantitative estimate of drug-likeness (QED) is 0.797. The molecule has 0 spiro atoms. The summed E-state index contributed by atoms with van der Waals surface area (Å²) in [5.74, 6) is -0.526. The molecule has 0 fully saturated rings. The van der Waals surface area contributed by atoms with E-state index >= 15 is 0 Å². The first kappa shape index (κ1) is 12.0. The van der Waals surface area contributed by atoms with Crippen LogP contribution < -0.4 is 4.74 Å². The summed E-state index contributed by atoms with van der Waals surface area (Å²) >= 11 is 3.39. The van der Waals surface area contributed by atoms with Crippen molar-refractivity contribution in [3.63, 3.8) is 0 Å². The molecule has 0 aliphatic carbocycles. The highest BCUT2D eigenvalue weighted by Crippen LogP contribution is 2.32. The van der Waals surface area contributed by atoms with Crippen LogP contribution >= 0.6 is 15.9 Å². The number of hydrogen-bond donors (Lipinski definition) is 1. The lowest BCUT2D eigenvalue weighted by Gasteiger charge is -2.01. The summed E-state index contributed by atoms with van der Waals surface area (Å²) in [4.78, 5) is 10.5. The fraction of sp³-hybridized carbons (Fsp3) is 0.0714. The highest BCUT2D eigenvalue weighted by Gasteiger charge is 2.08. The summed E-state index contributed by atoms with van der Waals surface area (Å²) in [7, 11) is 0. The molecule has 19 heavy (non-hydrogen) atoms. The van der Waals surface area contributed by atoms with Gasteiger partial charge < -0.3 is 14.3 Å². The van der Waals surface area contributed by atoms with Crippen LogP contribution in [0.2, 0.25) is 0 Å². The van der Waals surface area contributed by atoms with Gasteiger partial charge in [-0.3, -0.25) is 0 Å². The minimum absolute atomic E-state index is 0.364. The van der Waals surface area contributed by atoms with E-state index in [1.807, 2.05) is 24.3 Å². The normalized spacial score (nSPS) is 11.0. The van der Waals surface area contributed by atoms with E-state index < -0.39 is 5.97 Å². The standard InChI is InChI=1S/C14H9BrO4/c15-8-1-3-10-11-4-2-9(18-7-14(16)17)6-13(11)19-12(10)5-8/h1-6H,7H2,(H,16,17). The molecule has 96 valence electrons. The van der Waals surface area contributed by atoms with E-state index in [1.165, 1.54) is 0 Å². The number of fused-ring (bicyclic) bond motifs is 3. The lowest BCUT2D eigenvalue weighted by Crippen LogP contribution is -2.09. The Kier molecular flexibility index (Phi) is 2.91. The van der Waals surface area contributed by atoms with E-state index in [9.17, 15) is 4.79 Å². The highest BCUT2D eigenvalue weighted by atomic mass is 79.9. The van der Waals surface area contributed by atoms with Crippen molar-refractivity contribution in [2.45, 2.75) is 0 Å². The second kappa shape index (κ2) is 4.59. The first-order valence-corrected chi connectivity index (χ1v) is 6.39. The van der Waals surface area contributed by atoms with Crippen molar-refractivity contribution >= 4 is 43.8 Å². The van der Waals surface area contributed by atoms with Crippen LogP contribution in [0.5, 0.6) is 5.75 Å². The molecular weight excluding hydrogens is 312 g/mol. The SMILES string of the molecule is O=C(O)COc1ccc2c(c1)oc1cc(Br)ccc12. The van der Waals surface area contributed by atoms with Crippen molar-refractivity contribution in [1.82, 2.24) is 0 Å². The van der Waals surface area contributed by atoms with Crippen molar-refractivity contribution in [1.29, 1.82) is 0 Å². The van der Waals surface area contributed by atoms with E-state index in [0.717, 1.165) is 20.8 Å². The van der Waals surface area contributed by atoms with Gasteiger partial charge in [0.15, 0.2) is 6.61 Å². The Hall–Kier alpha value is -2.01. The molecule has 1 aromatic heterocycles. The first-order valence-electron chi connectivity index (χ1n) is 5.60. The monoisotopic (exact) mass is 320 g/mol. The summed E-state index contributed by atoms with van der Waals surface area (Å²) in [6.07, 6.45) is 0. The zero-order valence-electron chi connectivity index (χ0n) is 9.72. The van der Waals surface area contributed by atoms with Crippen molar-refractivity contribution in [2.75, 3.05) is 6.61 Å². The molecule has 0 saturated carbocycles. The minimum atomic E-state index is -1.01. The van der Waals surface area contributed by atoms with Crippen LogP contribution in [0.4, 0.5) is 0 Å². The Morgan fingerprint density at radius 3 is 2.58 bits per heavy atom. The van der Waals surface area contributed by atoms with Gasteiger partial charge in [0, 0.05) is 21.3 Å². The van der Waals surface area contributed by atoms with Crippen molar-refractivity contribution in [3.05, 3.63) is 40.9 Å². The Morgan fingerprint density at radius 2 is 1.84 bits per heavy atom. The van der Waals surface area contributed by atoms with Crippen LogP contribution in [0.15, 0.2) is 45.3 Å². The molecule has 0 aliphatic heterocycles. The van der Waals surface area contributed by atoms with Crippen molar-refractivity contribution in [2.24, 2.45) is 0 Å². The van der Waals surface area contributed by atoms with Crippen LogP contribution in [0.3, 0.4) is 0 Å². The van der Waals surface area contributed by atoms with E-state index in [-0.39, 0.29) is 6.61 Å². The number of rotatable bonds is 3. The lowest BCUT2D eigenvalue weighted by molar-refractivity contribution is -0.139. The maximum absolute atomic E-state index is 10.5. The average molecular weight is 321 g/mol. The third kappa shape index (κ3) is 2.29. The topological polar surface area (TPSA) is 59.7 Å². The highest BCUT2D eigenvalue weighted by molar-refractivity contribution is 9.10. The van der Waals surface area contributed by atoms with Crippen molar-refractivity contribution < 1.29 is 19.1 Å². The Labute approximate surface area is 116 Å². The molecule has 2 aromatic carbocycles. The van der Waals surface area contributed by atoms with Gasteiger partial charge in [-0.2, -0.15) is 0 Å². The van der Waals surface area contributed by atoms with Gasteiger partial charge in [0.05, 0.1) is 0 Å². The molecule has 0 radical (unpaired) electrons. The molecule has 3 rings (SSSR count). The van der Waals surface area contributed by atoms with E-state index in [4.69, 9.17) is 14.3 Å². The number of furan rings is 1. The molecule has 1 heterocycles. The zero-order chi connectivity index (χ0) is 13.4. The molecule has 4 nitrogen and oxygen atoms in total. The maximum atomic E-state index is 10.5. The van der Waals surface area contributed by atoms with Gasteiger partial charge in [-0.25, -0.2) is 4.79 Å². The summed E-state index contributed by atoms with van der Waals surface area (Å²) in [5.41, 5.74) is 1.45. The largest absolute Gasteiger partial charge is 0.482 e. The van der Waals surface area contributed by atoms with Gasteiger partial charge in [0.25, 0.3) is 0 Å². The summed E-state index contributed by atoms with van der Waals surface area (Å²) in [5, 5.41) is 10.6. The van der Waals surface area contributed by atoms with Crippen LogP contribution in [-0.4, -0.2) is 17.7 Å². The number of carboxylic acid groups (broad SMARTS) is 1. The smallest absolute Gasteiger partial charge is 0.341 e. The van der Waals surface area contributed by atoms with Gasteiger partial charge in [-0.1, -0.05) is 15.9 Å². The average Bonchev–Trinajstić information content (AvgIpc) is 2.72. The van der Waals surface area contributed by atoms with E-state index in [2.05, 4.69) is 15.9 Å². The Balaban J connectivity index is 2.08. The molecule has 0 unspecified atom stereocenters. The molecule has 0 bridgehead atoms. The van der Waals surface area contributed by atoms with Crippen molar-refractivity contribution in [3.8, 4) is 5.75 Å².